The summed E-state index contributed by atoms with van der Waals surface area (Å²) in [6.45, 7) is 21.0. The van der Waals surface area contributed by atoms with Crippen LogP contribution in [0.5, 0.6) is 0 Å². The first-order valence-corrected chi connectivity index (χ1v) is 10.6. The second-order valence-corrected chi connectivity index (χ2v) is 7.27. The van der Waals surface area contributed by atoms with Crippen LogP contribution in [0.4, 0.5) is 0 Å². The summed E-state index contributed by atoms with van der Waals surface area (Å²) < 4.78 is 0. The average molecular weight is 341 g/mol. The van der Waals surface area contributed by atoms with Gasteiger partial charge >= 0.3 is 0 Å². The zero-order valence-corrected chi connectivity index (χ0v) is 16.9. The fourth-order valence-corrected chi connectivity index (χ4v) is 3.69. The van der Waals surface area contributed by atoms with Crippen LogP contribution in [-0.2, 0) is 0 Å². The molecule has 0 bridgehead atoms. The van der Waals surface area contributed by atoms with E-state index in [1.54, 1.807) is 0 Å². The van der Waals surface area contributed by atoms with Crippen LogP contribution in [0.2, 0.25) is 0 Å². The summed E-state index contributed by atoms with van der Waals surface area (Å²) in [5, 5.41) is 7.38. The minimum absolute atomic E-state index is 0.911. The maximum Gasteiger partial charge on any atom is -0.000687 e. The molecule has 0 aromatic rings. The van der Waals surface area contributed by atoms with Crippen LogP contribution >= 0.6 is 0 Å². The largest absolute Gasteiger partial charge is 0.316 e. The Hall–Kier alpha value is -0.160. The molecule has 0 aliphatic heterocycles. The number of rotatable bonds is 16. The third kappa shape index (κ3) is 8.80. The van der Waals surface area contributed by atoms with Gasteiger partial charge in [-0.15, -0.1) is 0 Å². The Morgan fingerprint density at radius 1 is 0.667 bits per heavy atom. The first-order valence-electron chi connectivity index (χ1n) is 10.6. The minimum atomic E-state index is 0.911. The topological polar surface area (TPSA) is 30.5 Å². The summed E-state index contributed by atoms with van der Waals surface area (Å²) in [7, 11) is 0. The predicted molar refractivity (Wildman–Crippen MR) is 107 cm³/mol. The van der Waals surface area contributed by atoms with E-state index in [4.69, 9.17) is 0 Å². The Morgan fingerprint density at radius 3 is 1.33 bits per heavy atom. The Bertz CT molecular complexity index is 249. The third-order valence-electron chi connectivity index (χ3n) is 5.83. The van der Waals surface area contributed by atoms with E-state index in [9.17, 15) is 0 Å². The average Bonchev–Trinajstić information content (AvgIpc) is 2.59. The van der Waals surface area contributed by atoms with E-state index >= 15 is 0 Å². The van der Waals surface area contributed by atoms with Gasteiger partial charge in [0.05, 0.1) is 0 Å². The first kappa shape index (κ1) is 21.9. The Balaban J connectivity index is 1.95. The molecule has 2 unspecified atom stereocenters. The maximum absolute atomic E-state index is 3.69. The van der Waals surface area contributed by atoms with Crippen molar-refractivity contribution in [2.45, 2.75) is 53.4 Å². The highest BCUT2D eigenvalue weighted by molar-refractivity contribution is 4.83. The lowest BCUT2D eigenvalue weighted by molar-refractivity contribution is 0.166. The molecule has 4 heteroatoms. The summed E-state index contributed by atoms with van der Waals surface area (Å²) >= 11 is 0. The van der Waals surface area contributed by atoms with Crippen LogP contribution in [0.25, 0.3) is 0 Å². The van der Waals surface area contributed by atoms with Crippen LogP contribution in [0.1, 0.15) is 53.4 Å². The van der Waals surface area contributed by atoms with Gasteiger partial charge in [-0.25, -0.2) is 0 Å². The molecule has 1 saturated carbocycles. The number of nitrogens with one attached hydrogen (secondary N) is 2. The molecule has 0 amide bonds. The van der Waals surface area contributed by atoms with Crippen molar-refractivity contribution in [1.82, 2.24) is 20.4 Å². The van der Waals surface area contributed by atoms with Crippen molar-refractivity contribution < 1.29 is 0 Å². The van der Waals surface area contributed by atoms with Crippen LogP contribution in [0.15, 0.2) is 0 Å². The molecule has 1 rings (SSSR count). The van der Waals surface area contributed by atoms with Crippen molar-refractivity contribution in [3.8, 4) is 0 Å². The van der Waals surface area contributed by atoms with E-state index in [1.165, 1.54) is 91.1 Å². The molecule has 0 radical (unpaired) electrons. The molecule has 0 spiro atoms. The lowest BCUT2D eigenvalue weighted by Gasteiger charge is -2.37. The molecule has 2 N–H and O–H groups in total. The van der Waals surface area contributed by atoms with Crippen LogP contribution in [0, 0.1) is 11.8 Å². The second kappa shape index (κ2) is 14.1. The van der Waals surface area contributed by atoms with Gasteiger partial charge in [-0.1, -0.05) is 27.7 Å². The molecule has 0 saturated heterocycles. The van der Waals surface area contributed by atoms with Crippen molar-refractivity contribution in [3.05, 3.63) is 0 Å². The molecule has 0 aromatic heterocycles. The van der Waals surface area contributed by atoms with Crippen LogP contribution in [0.3, 0.4) is 0 Å². The van der Waals surface area contributed by atoms with E-state index < -0.39 is 0 Å². The molecule has 0 heterocycles. The van der Waals surface area contributed by atoms with Crippen molar-refractivity contribution in [3.63, 3.8) is 0 Å². The van der Waals surface area contributed by atoms with Crippen LogP contribution in [-0.4, -0.2) is 75.2 Å². The van der Waals surface area contributed by atoms with Gasteiger partial charge in [0.15, 0.2) is 0 Å². The molecule has 144 valence electrons. The fourth-order valence-electron chi connectivity index (χ4n) is 3.69. The lowest BCUT2D eigenvalue weighted by atomic mass is 9.73. The van der Waals surface area contributed by atoms with Gasteiger partial charge in [-0.3, -0.25) is 0 Å². The molecule has 0 aromatic carbocycles. The summed E-state index contributed by atoms with van der Waals surface area (Å²) in [5.41, 5.74) is 0. The molecule has 1 aliphatic carbocycles. The van der Waals surface area contributed by atoms with Crippen molar-refractivity contribution in [2.24, 2.45) is 11.8 Å². The van der Waals surface area contributed by atoms with Gasteiger partial charge in [0.1, 0.15) is 0 Å². The highest BCUT2D eigenvalue weighted by atomic mass is 15.1. The van der Waals surface area contributed by atoms with E-state index in [-0.39, 0.29) is 0 Å². The minimum Gasteiger partial charge on any atom is -0.316 e. The third-order valence-corrected chi connectivity index (χ3v) is 5.83. The summed E-state index contributed by atoms with van der Waals surface area (Å²) in [6, 6.07) is 0. The van der Waals surface area contributed by atoms with Gasteiger partial charge < -0.3 is 20.4 Å². The molecule has 4 nitrogen and oxygen atoms in total. The molecule has 1 aliphatic rings. The molecular weight excluding hydrogens is 296 g/mol. The predicted octanol–water partition coefficient (Wildman–Crippen LogP) is 2.66. The summed E-state index contributed by atoms with van der Waals surface area (Å²) in [6.07, 6.45) is 5.41. The second-order valence-electron chi connectivity index (χ2n) is 7.27. The van der Waals surface area contributed by atoms with Crippen molar-refractivity contribution >= 4 is 0 Å². The smallest absolute Gasteiger partial charge is 0.000687 e. The molecule has 1 fully saturated rings. The van der Waals surface area contributed by atoms with Crippen molar-refractivity contribution in [1.29, 1.82) is 0 Å². The highest BCUT2D eigenvalue weighted by Crippen LogP contribution is 2.32. The standard InChI is InChI=1S/C20H44N4/c1-5-23(6-2)15-9-13-21-17-19-11-12-20(19)18-22-14-10-16-24(7-3)8-4/h19-22H,5-18H2,1-4H3. The SMILES string of the molecule is CCN(CC)CCCNCC1CCC1CNCCCN(CC)CC. The van der Waals surface area contributed by atoms with E-state index in [0.717, 1.165) is 11.8 Å². The van der Waals surface area contributed by atoms with Gasteiger partial charge in [-0.05, 0) is 103 Å². The zero-order valence-electron chi connectivity index (χ0n) is 16.9. The number of hydrogen-bond donors (Lipinski definition) is 2. The Labute approximate surface area is 151 Å². The molecular formula is C20H44N4. The molecule has 2 atom stereocenters. The Morgan fingerprint density at radius 2 is 1.04 bits per heavy atom. The Kier molecular flexibility index (Phi) is 12.8. The highest BCUT2D eigenvalue weighted by Gasteiger charge is 2.29. The van der Waals surface area contributed by atoms with Crippen molar-refractivity contribution in [2.75, 3.05) is 65.4 Å². The monoisotopic (exact) mass is 340 g/mol. The quantitative estimate of drug-likeness (QED) is 0.423. The molecule has 24 heavy (non-hydrogen) atoms. The summed E-state index contributed by atoms with van der Waals surface area (Å²) in [5.74, 6) is 1.82. The van der Waals surface area contributed by atoms with Gasteiger partial charge in [-0.2, -0.15) is 0 Å². The fraction of sp³-hybridized carbons (Fsp3) is 1.00. The number of hydrogen-bond acceptors (Lipinski definition) is 4. The van der Waals surface area contributed by atoms with E-state index in [1.807, 2.05) is 0 Å². The van der Waals surface area contributed by atoms with E-state index in [0.29, 0.717) is 0 Å². The maximum atomic E-state index is 3.69. The summed E-state index contributed by atoms with van der Waals surface area (Å²) in [4.78, 5) is 5.02. The van der Waals surface area contributed by atoms with Gasteiger partial charge in [0.25, 0.3) is 0 Å². The van der Waals surface area contributed by atoms with Gasteiger partial charge in [0.2, 0.25) is 0 Å². The lowest BCUT2D eigenvalue weighted by Crippen LogP contribution is -2.41. The number of nitrogens with zero attached hydrogens (tertiary/aromatic N) is 2. The van der Waals surface area contributed by atoms with Crippen LogP contribution < -0.4 is 10.6 Å². The first-order chi connectivity index (χ1) is 11.7. The van der Waals surface area contributed by atoms with E-state index in [2.05, 4.69) is 48.1 Å². The zero-order chi connectivity index (χ0) is 17.6. The normalized spacial score (nSPS) is 20.8. The van der Waals surface area contributed by atoms with Gasteiger partial charge in [0, 0.05) is 0 Å².